The van der Waals surface area contributed by atoms with Crippen LogP contribution in [0.5, 0.6) is 11.5 Å². The molecule has 0 radical (unpaired) electrons. The first kappa shape index (κ1) is 19.4. The zero-order valence-electron chi connectivity index (χ0n) is 15.4. The summed E-state index contributed by atoms with van der Waals surface area (Å²) in [7, 11) is 1.39. The molecule has 0 fully saturated rings. The highest BCUT2D eigenvalue weighted by atomic mass is 19.1. The van der Waals surface area contributed by atoms with Crippen molar-refractivity contribution >= 4 is 12.1 Å². The molecule has 0 bridgehead atoms. The highest BCUT2D eigenvalue weighted by Crippen LogP contribution is 2.27. The minimum atomic E-state index is -0.494. The number of carbonyl (C=O) groups is 1. The fourth-order valence-electron chi connectivity index (χ4n) is 2.36. The lowest BCUT2D eigenvalue weighted by atomic mass is 10.0. The Hall–Kier alpha value is -2.89. The second kappa shape index (κ2) is 8.99. The van der Waals surface area contributed by atoms with Gasteiger partial charge < -0.3 is 9.47 Å². The van der Waals surface area contributed by atoms with E-state index < -0.39 is 11.7 Å². The maximum absolute atomic E-state index is 13.6. The molecular formula is C20H23FN2O3. The fraction of sp³-hybridized carbons (Fsp3) is 0.300. The van der Waals surface area contributed by atoms with E-state index in [0.717, 1.165) is 11.1 Å². The maximum atomic E-state index is 13.6. The predicted molar refractivity (Wildman–Crippen MR) is 99.5 cm³/mol. The number of amides is 1. The standard InChI is InChI=1S/C20H23FN2O3/c1-13(2)16-7-5-14(3)9-19(16)26-12-20(24)23-22-11-15-6-8-18(25-4)17(21)10-15/h5-11,13H,12H2,1-4H3,(H,23,24)/b22-11-. The SMILES string of the molecule is COc1ccc(/C=N\NC(=O)COc2cc(C)ccc2C(C)C)cc1F. The first-order valence-corrected chi connectivity index (χ1v) is 8.29. The van der Waals surface area contributed by atoms with E-state index in [0.29, 0.717) is 11.3 Å². The summed E-state index contributed by atoms with van der Waals surface area (Å²) in [4.78, 5) is 11.9. The van der Waals surface area contributed by atoms with E-state index in [9.17, 15) is 9.18 Å². The van der Waals surface area contributed by atoms with Crippen LogP contribution in [-0.2, 0) is 4.79 Å². The van der Waals surface area contributed by atoms with Crippen LogP contribution in [0.4, 0.5) is 4.39 Å². The van der Waals surface area contributed by atoms with Gasteiger partial charge in [0.05, 0.1) is 13.3 Å². The fourth-order valence-corrected chi connectivity index (χ4v) is 2.36. The summed E-state index contributed by atoms with van der Waals surface area (Å²) in [5.74, 6) is 0.241. The highest BCUT2D eigenvalue weighted by molar-refractivity contribution is 5.83. The smallest absolute Gasteiger partial charge is 0.277 e. The van der Waals surface area contributed by atoms with Crippen LogP contribution in [0.25, 0.3) is 0 Å². The number of rotatable bonds is 7. The Morgan fingerprint density at radius 1 is 1.23 bits per heavy atom. The summed E-state index contributed by atoms with van der Waals surface area (Å²) in [5, 5.41) is 3.81. The number of benzene rings is 2. The van der Waals surface area contributed by atoms with Crippen LogP contribution in [0.2, 0.25) is 0 Å². The molecule has 0 aliphatic rings. The normalized spacial score (nSPS) is 11.0. The average Bonchev–Trinajstić information content (AvgIpc) is 2.60. The molecule has 2 rings (SSSR count). The number of aryl methyl sites for hydroxylation is 1. The van der Waals surface area contributed by atoms with Gasteiger partial charge in [-0.05, 0) is 53.8 Å². The molecule has 26 heavy (non-hydrogen) atoms. The van der Waals surface area contributed by atoms with Gasteiger partial charge in [0.2, 0.25) is 0 Å². The Labute approximate surface area is 152 Å². The van der Waals surface area contributed by atoms with Crippen molar-refractivity contribution in [2.24, 2.45) is 5.10 Å². The second-order valence-corrected chi connectivity index (χ2v) is 6.17. The Morgan fingerprint density at radius 2 is 2.00 bits per heavy atom. The number of carbonyl (C=O) groups excluding carboxylic acids is 1. The van der Waals surface area contributed by atoms with Crippen LogP contribution in [-0.4, -0.2) is 25.8 Å². The van der Waals surface area contributed by atoms with Crippen LogP contribution < -0.4 is 14.9 Å². The number of nitrogens with zero attached hydrogens (tertiary/aromatic N) is 1. The third kappa shape index (κ3) is 5.31. The van der Waals surface area contributed by atoms with Crippen LogP contribution in [0.15, 0.2) is 41.5 Å². The van der Waals surface area contributed by atoms with Gasteiger partial charge >= 0.3 is 0 Å². The number of hydrogen-bond acceptors (Lipinski definition) is 4. The molecule has 0 unspecified atom stereocenters. The van der Waals surface area contributed by atoms with E-state index in [1.807, 2.05) is 25.1 Å². The molecule has 1 N–H and O–H groups in total. The summed E-state index contributed by atoms with van der Waals surface area (Å²) in [6, 6.07) is 10.3. The number of methoxy groups -OCH3 is 1. The Bertz CT molecular complexity index is 804. The monoisotopic (exact) mass is 358 g/mol. The molecule has 0 aliphatic carbocycles. The Morgan fingerprint density at radius 3 is 2.65 bits per heavy atom. The highest BCUT2D eigenvalue weighted by Gasteiger charge is 2.10. The van der Waals surface area contributed by atoms with Gasteiger partial charge in [0, 0.05) is 0 Å². The lowest BCUT2D eigenvalue weighted by molar-refractivity contribution is -0.123. The Balaban J connectivity index is 1.91. The van der Waals surface area contributed by atoms with Crippen molar-refractivity contribution in [3.63, 3.8) is 0 Å². The molecule has 6 heteroatoms. The first-order chi connectivity index (χ1) is 12.4. The zero-order chi connectivity index (χ0) is 19.1. The molecule has 0 spiro atoms. The third-order valence-electron chi connectivity index (χ3n) is 3.73. The summed E-state index contributed by atoms with van der Waals surface area (Å²) in [6.07, 6.45) is 1.35. The molecule has 1 amide bonds. The summed E-state index contributed by atoms with van der Waals surface area (Å²) < 4.78 is 24.1. The number of hydrogen-bond donors (Lipinski definition) is 1. The number of nitrogens with one attached hydrogen (secondary N) is 1. The molecule has 0 saturated heterocycles. The van der Waals surface area contributed by atoms with Crippen LogP contribution in [0, 0.1) is 12.7 Å². The molecule has 5 nitrogen and oxygen atoms in total. The van der Waals surface area contributed by atoms with Gasteiger partial charge in [-0.15, -0.1) is 0 Å². The topological polar surface area (TPSA) is 59.9 Å². The quantitative estimate of drug-likeness (QED) is 0.605. The number of halogens is 1. The lowest BCUT2D eigenvalue weighted by Crippen LogP contribution is -2.25. The second-order valence-electron chi connectivity index (χ2n) is 6.17. The van der Waals surface area contributed by atoms with Gasteiger partial charge in [-0.3, -0.25) is 4.79 Å². The Kier molecular flexibility index (Phi) is 6.72. The number of ether oxygens (including phenoxy) is 2. The molecular weight excluding hydrogens is 335 g/mol. The molecule has 0 heterocycles. The molecule has 0 atom stereocenters. The van der Waals surface area contributed by atoms with Gasteiger partial charge in [-0.25, -0.2) is 9.82 Å². The van der Waals surface area contributed by atoms with Gasteiger partial charge in [0.1, 0.15) is 5.75 Å². The van der Waals surface area contributed by atoms with Crippen LogP contribution in [0.1, 0.15) is 36.5 Å². The van der Waals surface area contributed by atoms with E-state index in [1.54, 1.807) is 6.07 Å². The van der Waals surface area contributed by atoms with Crippen molar-refractivity contribution in [1.29, 1.82) is 0 Å². The molecule has 2 aromatic rings. The van der Waals surface area contributed by atoms with Crippen LogP contribution in [0.3, 0.4) is 0 Å². The lowest BCUT2D eigenvalue weighted by Gasteiger charge is -2.14. The predicted octanol–water partition coefficient (Wildman–Crippen LogP) is 3.80. The summed E-state index contributed by atoms with van der Waals surface area (Å²) in [6.45, 7) is 5.94. The van der Waals surface area contributed by atoms with Crippen molar-refractivity contribution in [3.8, 4) is 11.5 Å². The van der Waals surface area contributed by atoms with Crippen molar-refractivity contribution in [2.75, 3.05) is 13.7 Å². The van der Waals surface area contributed by atoms with Gasteiger partial charge in [0.15, 0.2) is 18.2 Å². The van der Waals surface area contributed by atoms with E-state index in [4.69, 9.17) is 9.47 Å². The molecule has 0 saturated carbocycles. The maximum Gasteiger partial charge on any atom is 0.277 e. The minimum absolute atomic E-state index is 0.152. The number of hydrazone groups is 1. The minimum Gasteiger partial charge on any atom is -0.494 e. The molecule has 0 aromatic heterocycles. The largest absolute Gasteiger partial charge is 0.494 e. The van der Waals surface area contributed by atoms with Crippen molar-refractivity contribution in [3.05, 3.63) is 58.9 Å². The van der Waals surface area contributed by atoms with Gasteiger partial charge in [-0.2, -0.15) is 5.10 Å². The first-order valence-electron chi connectivity index (χ1n) is 8.29. The van der Waals surface area contributed by atoms with E-state index in [2.05, 4.69) is 24.4 Å². The zero-order valence-corrected chi connectivity index (χ0v) is 15.4. The van der Waals surface area contributed by atoms with Crippen LogP contribution >= 0.6 is 0 Å². The van der Waals surface area contributed by atoms with Gasteiger partial charge in [0.25, 0.3) is 5.91 Å². The molecule has 0 aliphatic heterocycles. The van der Waals surface area contributed by atoms with E-state index >= 15 is 0 Å². The van der Waals surface area contributed by atoms with Crippen molar-refractivity contribution < 1.29 is 18.7 Å². The summed E-state index contributed by atoms with van der Waals surface area (Å²) in [5.41, 5.74) is 4.97. The molecule has 138 valence electrons. The average molecular weight is 358 g/mol. The van der Waals surface area contributed by atoms with Crippen molar-refractivity contribution in [1.82, 2.24) is 5.43 Å². The third-order valence-corrected chi connectivity index (χ3v) is 3.73. The van der Waals surface area contributed by atoms with Gasteiger partial charge in [-0.1, -0.05) is 26.0 Å². The molecule has 2 aromatic carbocycles. The van der Waals surface area contributed by atoms with E-state index in [-0.39, 0.29) is 18.3 Å². The summed E-state index contributed by atoms with van der Waals surface area (Å²) >= 11 is 0. The van der Waals surface area contributed by atoms with Crippen molar-refractivity contribution in [2.45, 2.75) is 26.7 Å². The van der Waals surface area contributed by atoms with E-state index in [1.165, 1.54) is 25.5 Å².